The van der Waals surface area contributed by atoms with E-state index in [0.717, 1.165) is 40.8 Å². The Labute approximate surface area is 105 Å². The first kappa shape index (κ1) is 12.0. The van der Waals surface area contributed by atoms with Crippen LogP contribution in [0.25, 0.3) is 10.7 Å². The summed E-state index contributed by atoms with van der Waals surface area (Å²) in [6, 6.07) is 0. The molecule has 2 heterocycles. The summed E-state index contributed by atoms with van der Waals surface area (Å²) in [5, 5.41) is 9.52. The first-order valence-electron chi connectivity index (χ1n) is 5.64. The number of nitrogens with zero attached hydrogens (tertiary/aromatic N) is 4. The molecule has 17 heavy (non-hydrogen) atoms. The summed E-state index contributed by atoms with van der Waals surface area (Å²) in [4.78, 5) is 5.32. The van der Waals surface area contributed by atoms with Crippen LogP contribution in [0.3, 0.4) is 0 Å². The quantitative estimate of drug-likeness (QED) is 0.603. The van der Waals surface area contributed by atoms with E-state index < -0.39 is 0 Å². The molecular weight excluding hydrogens is 232 g/mol. The van der Waals surface area contributed by atoms with Crippen molar-refractivity contribution in [3.63, 3.8) is 0 Å². The van der Waals surface area contributed by atoms with Gasteiger partial charge in [-0.15, -0.1) is 28.1 Å². The molecule has 0 radical (unpaired) electrons. The molecule has 0 amide bonds. The average Bonchev–Trinajstić information content (AvgIpc) is 2.87. The first-order valence-corrected chi connectivity index (χ1v) is 6.46. The van der Waals surface area contributed by atoms with Crippen LogP contribution in [-0.4, -0.2) is 19.7 Å². The lowest BCUT2D eigenvalue weighted by Gasteiger charge is -2.01. The Balaban J connectivity index is 2.17. The minimum atomic E-state index is 0.907. The van der Waals surface area contributed by atoms with E-state index in [0.29, 0.717) is 0 Å². The highest BCUT2D eigenvalue weighted by molar-refractivity contribution is 7.14. The van der Waals surface area contributed by atoms with Gasteiger partial charge >= 0.3 is 0 Å². The highest BCUT2D eigenvalue weighted by Gasteiger charge is 2.12. The summed E-state index contributed by atoms with van der Waals surface area (Å²) in [5.74, 6) is 1.93. The van der Waals surface area contributed by atoms with Crippen molar-refractivity contribution >= 4 is 11.3 Å². The van der Waals surface area contributed by atoms with Crippen molar-refractivity contribution in [1.29, 1.82) is 0 Å². The number of allylic oxidation sites excluding steroid dienone is 1. The third-order valence-corrected chi connectivity index (χ3v) is 3.52. The predicted molar refractivity (Wildman–Crippen MR) is 70.0 cm³/mol. The number of hydrogen-bond acceptors (Lipinski definition) is 4. The van der Waals surface area contributed by atoms with Crippen LogP contribution in [0.15, 0.2) is 18.9 Å². The van der Waals surface area contributed by atoms with Gasteiger partial charge < -0.3 is 4.57 Å². The van der Waals surface area contributed by atoms with Crippen molar-refractivity contribution in [2.45, 2.75) is 26.2 Å². The highest BCUT2D eigenvalue weighted by atomic mass is 32.1. The summed E-state index contributed by atoms with van der Waals surface area (Å²) in [6.45, 7) is 5.72. The lowest BCUT2D eigenvalue weighted by Crippen LogP contribution is -1.99. The molecule has 0 aliphatic rings. The second kappa shape index (κ2) is 5.23. The molecule has 0 saturated carbocycles. The minimum Gasteiger partial charge on any atom is -0.313 e. The van der Waals surface area contributed by atoms with E-state index in [9.17, 15) is 0 Å². The van der Waals surface area contributed by atoms with Gasteiger partial charge in [0.25, 0.3) is 0 Å². The molecule has 0 bridgehead atoms. The van der Waals surface area contributed by atoms with E-state index in [1.54, 1.807) is 11.3 Å². The Morgan fingerprint density at radius 1 is 1.47 bits per heavy atom. The van der Waals surface area contributed by atoms with Crippen LogP contribution in [-0.2, 0) is 13.5 Å². The maximum Gasteiger partial charge on any atom is 0.175 e. The van der Waals surface area contributed by atoms with Crippen molar-refractivity contribution in [2.24, 2.45) is 7.05 Å². The summed E-state index contributed by atoms with van der Waals surface area (Å²) < 4.78 is 2.05. The highest BCUT2D eigenvalue weighted by Crippen LogP contribution is 2.24. The van der Waals surface area contributed by atoms with Crippen molar-refractivity contribution in [2.75, 3.05) is 0 Å². The molecule has 0 aliphatic heterocycles. The molecule has 0 atom stereocenters. The molecule has 0 aliphatic carbocycles. The molecule has 0 spiro atoms. The average molecular weight is 248 g/mol. The van der Waals surface area contributed by atoms with E-state index in [1.807, 2.05) is 26.2 Å². The van der Waals surface area contributed by atoms with Crippen LogP contribution in [0.2, 0.25) is 0 Å². The predicted octanol–water partition coefficient (Wildman–Crippen LogP) is 2.76. The number of aromatic nitrogens is 4. The smallest absolute Gasteiger partial charge is 0.175 e. The third kappa shape index (κ3) is 2.61. The zero-order chi connectivity index (χ0) is 12.3. The van der Waals surface area contributed by atoms with Gasteiger partial charge in [0.15, 0.2) is 5.82 Å². The molecule has 2 aromatic heterocycles. The van der Waals surface area contributed by atoms with Gasteiger partial charge in [-0.2, -0.15) is 0 Å². The molecule has 0 fully saturated rings. The van der Waals surface area contributed by atoms with Gasteiger partial charge in [0.1, 0.15) is 5.82 Å². The van der Waals surface area contributed by atoms with Crippen LogP contribution in [0.4, 0.5) is 0 Å². The lowest BCUT2D eigenvalue weighted by molar-refractivity contribution is 0.733. The Morgan fingerprint density at radius 2 is 2.29 bits per heavy atom. The van der Waals surface area contributed by atoms with Crippen LogP contribution >= 0.6 is 11.3 Å². The first-order chi connectivity index (χ1) is 8.22. The van der Waals surface area contributed by atoms with Gasteiger partial charge in [0, 0.05) is 19.7 Å². The van der Waals surface area contributed by atoms with Crippen molar-refractivity contribution < 1.29 is 0 Å². The monoisotopic (exact) mass is 248 g/mol. The van der Waals surface area contributed by atoms with Gasteiger partial charge in [0.2, 0.25) is 0 Å². The second-order valence-corrected chi connectivity index (χ2v) is 5.16. The Morgan fingerprint density at radius 3 is 2.94 bits per heavy atom. The molecular formula is C12H16N4S. The van der Waals surface area contributed by atoms with E-state index in [1.165, 1.54) is 0 Å². The molecule has 4 nitrogen and oxygen atoms in total. The maximum atomic E-state index is 4.24. The fraction of sp³-hybridized carbons (Fsp3) is 0.417. The second-order valence-electron chi connectivity index (χ2n) is 3.92. The zero-order valence-electron chi connectivity index (χ0n) is 10.2. The SMILES string of the molecule is C=CCCCc1nnc(-c2cnc(C)s2)n1C. The van der Waals surface area contributed by atoms with E-state index in [4.69, 9.17) is 0 Å². The Bertz CT molecular complexity index is 512. The fourth-order valence-electron chi connectivity index (χ4n) is 1.66. The molecule has 0 aromatic carbocycles. The number of rotatable bonds is 5. The molecule has 2 aromatic rings. The number of aryl methyl sites for hydroxylation is 2. The Kier molecular flexibility index (Phi) is 3.68. The molecule has 0 saturated heterocycles. The molecule has 5 heteroatoms. The zero-order valence-corrected chi connectivity index (χ0v) is 11.0. The summed E-state index contributed by atoms with van der Waals surface area (Å²) in [7, 11) is 2.01. The number of thiazole rings is 1. The Hall–Kier alpha value is -1.49. The van der Waals surface area contributed by atoms with Crippen LogP contribution in [0.1, 0.15) is 23.7 Å². The van der Waals surface area contributed by atoms with Gasteiger partial charge in [-0.05, 0) is 19.8 Å². The van der Waals surface area contributed by atoms with Crippen molar-refractivity contribution in [1.82, 2.24) is 19.7 Å². The molecule has 90 valence electrons. The largest absolute Gasteiger partial charge is 0.313 e. The summed E-state index contributed by atoms with van der Waals surface area (Å²) in [6.07, 6.45) is 6.81. The minimum absolute atomic E-state index is 0.907. The van der Waals surface area contributed by atoms with Crippen LogP contribution in [0.5, 0.6) is 0 Å². The maximum absolute atomic E-state index is 4.24. The van der Waals surface area contributed by atoms with Gasteiger partial charge in [-0.1, -0.05) is 6.08 Å². The topological polar surface area (TPSA) is 43.6 Å². The molecule has 0 N–H and O–H groups in total. The fourth-order valence-corrected chi connectivity index (χ4v) is 2.46. The number of hydrogen-bond donors (Lipinski definition) is 0. The normalized spacial score (nSPS) is 10.7. The molecule has 2 rings (SSSR count). The van der Waals surface area contributed by atoms with Gasteiger partial charge in [-0.25, -0.2) is 4.98 Å². The van der Waals surface area contributed by atoms with E-state index >= 15 is 0 Å². The van der Waals surface area contributed by atoms with E-state index in [2.05, 4.69) is 26.3 Å². The standard InChI is InChI=1S/C12H16N4S/c1-4-5-6-7-11-14-15-12(16(11)3)10-8-13-9(2)17-10/h4,8H,1,5-7H2,2-3H3. The summed E-state index contributed by atoms with van der Waals surface area (Å²) in [5.41, 5.74) is 0. The lowest BCUT2D eigenvalue weighted by atomic mass is 10.2. The van der Waals surface area contributed by atoms with Crippen LogP contribution in [0, 0.1) is 6.92 Å². The van der Waals surface area contributed by atoms with Crippen molar-refractivity contribution in [3.8, 4) is 10.7 Å². The molecule has 0 unspecified atom stereocenters. The van der Waals surface area contributed by atoms with E-state index in [-0.39, 0.29) is 0 Å². The summed E-state index contributed by atoms with van der Waals surface area (Å²) >= 11 is 1.65. The number of unbranched alkanes of at least 4 members (excludes halogenated alkanes) is 1. The van der Waals surface area contributed by atoms with Crippen LogP contribution < -0.4 is 0 Å². The third-order valence-electron chi connectivity index (χ3n) is 2.62. The van der Waals surface area contributed by atoms with Gasteiger partial charge in [-0.3, -0.25) is 0 Å². The van der Waals surface area contributed by atoms with Crippen molar-refractivity contribution in [3.05, 3.63) is 29.7 Å². The van der Waals surface area contributed by atoms with Gasteiger partial charge in [0.05, 0.1) is 9.88 Å².